The van der Waals surface area contributed by atoms with Crippen LogP contribution >= 0.6 is 0 Å². The Morgan fingerprint density at radius 1 is 1.00 bits per heavy atom. The molecule has 0 unspecified atom stereocenters. The normalized spacial score (nSPS) is 12.6. The van der Waals surface area contributed by atoms with Gasteiger partial charge in [-0.3, -0.25) is 0 Å². The fourth-order valence-corrected chi connectivity index (χ4v) is 1.56. The van der Waals surface area contributed by atoms with Crippen molar-refractivity contribution in [3.8, 4) is 0 Å². The third kappa shape index (κ3) is 11.4. The van der Waals surface area contributed by atoms with Crippen molar-refractivity contribution in [1.29, 1.82) is 0 Å². The Kier molecular flexibility index (Phi) is 11.2. The Balaban J connectivity index is 3.14. The fourth-order valence-electron chi connectivity index (χ4n) is 1.56. The van der Waals surface area contributed by atoms with E-state index in [-0.39, 0.29) is 0 Å². The third-order valence-electron chi connectivity index (χ3n) is 2.74. The van der Waals surface area contributed by atoms with E-state index in [9.17, 15) is 0 Å². The van der Waals surface area contributed by atoms with Crippen molar-refractivity contribution in [1.82, 2.24) is 0 Å². The minimum atomic E-state index is 1.23. The predicted molar refractivity (Wildman–Crippen MR) is 69.9 cm³/mol. The molecule has 0 nitrogen and oxygen atoms in total. The first kappa shape index (κ1) is 14.5. The standard InChI is InChI=1S/C15H27/c1-4-6-7-8-9-10-11-12-13-14-15(3)5-2/h13-14H,4,6-12H2,1-3H3/b14-13+,15-5?. The molecule has 0 aromatic rings. The maximum Gasteiger partial charge on any atom is -0.0348 e. The molecule has 0 aromatic heterocycles. The molecular formula is C15H27. The monoisotopic (exact) mass is 207 g/mol. The van der Waals surface area contributed by atoms with E-state index in [2.05, 4.69) is 32.1 Å². The van der Waals surface area contributed by atoms with Crippen molar-refractivity contribution in [2.24, 2.45) is 0 Å². The van der Waals surface area contributed by atoms with Gasteiger partial charge in [0.25, 0.3) is 0 Å². The second-order valence-electron chi connectivity index (χ2n) is 4.25. The first-order chi connectivity index (χ1) is 7.31. The van der Waals surface area contributed by atoms with Crippen molar-refractivity contribution in [3.05, 3.63) is 23.8 Å². The van der Waals surface area contributed by atoms with Gasteiger partial charge in [-0.05, 0) is 38.3 Å². The number of allylic oxidation sites excluding steroid dienone is 4. The van der Waals surface area contributed by atoms with E-state index in [1.165, 1.54) is 56.9 Å². The van der Waals surface area contributed by atoms with Gasteiger partial charge in [-0.2, -0.15) is 0 Å². The van der Waals surface area contributed by atoms with Crippen LogP contribution in [0.15, 0.2) is 17.7 Å². The van der Waals surface area contributed by atoms with Gasteiger partial charge in [0.2, 0.25) is 0 Å². The van der Waals surface area contributed by atoms with Crippen molar-refractivity contribution in [3.63, 3.8) is 0 Å². The van der Waals surface area contributed by atoms with Crippen molar-refractivity contribution in [2.45, 2.75) is 72.1 Å². The maximum atomic E-state index is 3.12. The van der Waals surface area contributed by atoms with Gasteiger partial charge in [-0.15, -0.1) is 0 Å². The third-order valence-corrected chi connectivity index (χ3v) is 2.74. The molecule has 0 heterocycles. The Morgan fingerprint density at radius 3 is 2.20 bits per heavy atom. The van der Waals surface area contributed by atoms with Gasteiger partial charge in [-0.1, -0.05) is 57.6 Å². The Hall–Kier alpha value is -0.520. The van der Waals surface area contributed by atoms with E-state index >= 15 is 0 Å². The largest absolute Gasteiger partial charge is 0.0843 e. The van der Waals surface area contributed by atoms with E-state index in [4.69, 9.17) is 0 Å². The van der Waals surface area contributed by atoms with Crippen LogP contribution in [0.1, 0.15) is 72.1 Å². The Morgan fingerprint density at radius 2 is 1.60 bits per heavy atom. The zero-order valence-electron chi connectivity index (χ0n) is 10.8. The van der Waals surface area contributed by atoms with Gasteiger partial charge in [0.15, 0.2) is 0 Å². The van der Waals surface area contributed by atoms with Crippen LogP contribution in [0.4, 0.5) is 0 Å². The SMILES string of the molecule is C/[C]=C(C)\C=C\CCCCCCCCC. The smallest absolute Gasteiger partial charge is 0.0348 e. The first-order valence-corrected chi connectivity index (χ1v) is 6.49. The average Bonchev–Trinajstić information content (AvgIpc) is 2.26. The molecule has 0 heteroatoms. The first-order valence-electron chi connectivity index (χ1n) is 6.49. The lowest BCUT2D eigenvalue weighted by atomic mass is 10.1. The molecule has 0 fully saturated rings. The topological polar surface area (TPSA) is 0 Å². The Labute approximate surface area is 96.5 Å². The molecule has 0 spiro atoms. The van der Waals surface area contributed by atoms with E-state index in [1.807, 2.05) is 6.92 Å². The number of hydrogen-bond acceptors (Lipinski definition) is 0. The molecule has 15 heavy (non-hydrogen) atoms. The summed E-state index contributed by atoms with van der Waals surface area (Å²) < 4.78 is 0. The summed E-state index contributed by atoms with van der Waals surface area (Å²) >= 11 is 0. The van der Waals surface area contributed by atoms with Crippen molar-refractivity contribution in [2.75, 3.05) is 0 Å². The van der Waals surface area contributed by atoms with E-state index in [0.29, 0.717) is 0 Å². The summed E-state index contributed by atoms with van der Waals surface area (Å²) in [6, 6.07) is 0. The van der Waals surface area contributed by atoms with Gasteiger partial charge in [-0.25, -0.2) is 0 Å². The molecule has 87 valence electrons. The Bertz CT molecular complexity index is 174. The van der Waals surface area contributed by atoms with Crippen molar-refractivity contribution >= 4 is 0 Å². The van der Waals surface area contributed by atoms with Crippen molar-refractivity contribution < 1.29 is 0 Å². The summed E-state index contributed by atoms with van der Waals surface area (Å²) in [5.41, 5.74) is 1.25. The van der Waals surface area contributed by atoms with Crippen LogP contribution in [0, 0.1) is 6.08 Å². The van der Waals surface area contributed by atoms with Crippen LogP contribution in [0.2, 0.25) is 0 Å². The molecule has 0 aliphatic rings. The van der Waals surface area contributed by atoms with Gasteiger partial charge >= 0.3 is 0 Å². The molecule has 0 bridgehead atoms. The highest BCUT2D eigenvalue weighted by molar-refractivity contribution is 5.11. The zero-order valence-corrected chi connectivity index (χ0v) is 10.8. The zero-order chi connectivity index (χ0) is 11.4. The molecule has 1 radical (unpaired) electrons. The summed E-state index contributed by atoms with van der Waals surface area (Å²) in [5, 5.41) is 0. The second kappa shape index (κ2) is 11.6. The van der Waals surface area contributed by atoms with E-state index in [1.54, 1.807) is 0 Å². The molecular weight excluding hydrogens is 180 g/mol. The molecule has 0 saturated carbocycles. The van der Waals surface area contributed by atoms with Gasteiger partial charge in [0, 0.05) is 0 Å². The average molecular weight is 207 g/mol. The quantitative estimate of drug-likeness (QED) is 0.348. The molecule has 0 aromatic carbocycles. The molecule has 0 aliphatic heterocycles. The van der Waals surface area contributed by atoms with Gasteiger partial charge in [0.05, 0.1) is 0 Å². The van der Waals surface area contributed by atoms with Gasteiger partial charge < -0.3 is 0 Å². The fraction of sp³-hybridized carbons (Fsp3) is 0.733. The minimum absolute atomic E-state index is 1.23. The lowest BCUT2D eigenvalue weighted by molar-refractivity contribution is 0.592. The summed E-state index contributed by atoms with van der Waals surface area (Å²) in [4.78, 5) is 0. The number of rotatable bonds is 9. The minimum Gasteiger partial charge on any atom is -0.0843 e. The van der Waals surface area contributed by atoms with Crippen LogP contribution in [0.25, 0.3) is 0 Å². The molecule has 0 aliphatic carbocycles. The highest BCUT2D eigenvalue weighted by Crippen LogP contribution is 2.08. The summed E-state index contributed by atoms with van der Waals surface area (Å²) in [6.07, 6.45) is 18.6. The summed E-state index contributed by atoms with van der Waals surface area (Å²) in [5.74, 6) is 0. The van der Waals surface area contributed by atoms with Crippen LogP contribution in [-0.2, 0) is 0 Å². The summed E-state index contributed by atoms with van der Waals surface area (Å²) in [7, 11) is 0. The van der Waals surface area contributed by atoms with Crippen LogP contribution in [0.3, 0.4) is 0 Å². The molecule has 0 atom stereocenters. The highest BCUT2D eigenvalue weighted by atomic mass is 14.0. The highest BCUT2D eigenvalue weighted by Gasteiger charge is 1.89. The predicted octanol–water partition coefficient (Wildman–Crippen LogP) is 5.45. The van der Waals surface area contributed by atoms with E-state index in [0.717, 1.165) is 0 Å². The second-order valence-corrected chi connectivity index (χ2v) is 4.25. The van der Waals surface area contributed by atoms with Gasteiger partial charge in [0.1, 0.15) is 0 Å². The maximum absolute atomic E-state index is 3.12. The lowest BCUT2D eigenvalue weighted by Crippen LogP contribution is -1.79. The molecule has 0 rings (SSSR count). The molecule has 0 saturated heterocycles. The molecule has 0 N–H and O–H groups in total. The summed E-state index contributed by atoms with van der Waals surface area (Å²) in [6.45, 7) is 6.33. The lowest BCUT2D eigenvalue weighted by Gasteiger charge is -1.98. The number of unbranched alkanes of at least 4 members (excludes halogenated alkanes) is 7. The van der Waals surface area contributed by atoms with Crippen LogP contribution in [0.5, 0.6) is 0 Å². The number of hydrogen-bond donors (Lipinski definition) is 0. The van der Waals surface area contributed by atoms with E-state index < -0.39 is 0 Å². The van der Waals surface area contributed by atoms with Crippen LogP contribution in [-0.4, -0.2) is 0 Å². The molecule has 0 amide bonds. The van der Waals surface area contributed by atoms with Crippen LogP contribution < -0.4 is 0 Å².